The highest BCUT2D eigenvalue weighted by atomic mass is 16.7. The molecule has 1 heterocycles. The number of methoxy groups -OCH3 is 2. The number of fused-ring (bicyclic) bond motifs is 1. The van der Waals surface area contributed by atoms with Gasteiger partial charge in [0.25, 0.3) is 0 Å². The predicted molar refractivity (Wildman–Crippen MR) is 131 cm³/mol. The minimum atomic E-state index is -1.33. The molecule has 0 saturated carbocycles. The summed E-state index contributed by atoms with van der Waals surface area (Å²) in [6.45, 7) is 2.82. The van der Waals surface area contributed by atoms with Crippen LogP contribution < -0.4 is 14.2 Å². The van der Waals surface area contributed by atoms with E-state index in [0.29, 0.717) is 23.8 Å². The van der Waals surface area contributed by atoms with Gasteiger partial charge in [0.15, 0.2) is 11.5 Å². The van der Waals surface area contributed by atoms with Gasteiger partial charge in [-0.05, 0) is 23.6 Å². The Kier molecular flexibility index (Phi) is 7.01. The maximum Gasteiger partial charge on any atom is 0.511 e. The van der Waals surface area contributed by atoms with Gasteiger partial charge in [-0.3, -0.25) is 0 Å². The van der Waals surface area contributed by atoms with Crippen LogP contribution in [0.5, 0.6) is 17.2 Å². The maximum atomic E-state index is 11.0. The third-order valence-corrected chi connectivity index (χ3v) is 5.78. The summed E-state index contributed by atoms with van der Waals surface area (Å²) >= 11 is 0. The van der Waals surface area contributed by atoms with Crippen LogP contribution in [-0.4, -0.2) is 35.0 Å². The van der Waals surface area contributed by atoms with E-state index in [2.05, 4.69) is 11.5 Å². The lowest BCUT2D eigenvalue weighted by Crippen LogP contribution is -2.06. The highest BCUT2D eigenvalue weighted by molar-refractivity contribution is 5.81. The largest absolute Gasteiger partial charge is 0.511 e. The summed E-state index contributed by atoms with van der Waals surface area (Å²) in [5.74, 6) is 2.67. The molecule has 7 nitrogen and oxygen atoms in total. The molecule has 3 aromatic carbocycles. The molecule has 0 atom stereocenters. The van der Waals surface area contributed by atoms with Gasteiger partial charge < -0.3 is 23.9 Å². The number of unbranched alkanes of at least 4 members (excludes halogenated alkanes) is 1. The average molecular weight is 461 g/mol. The fourth-order valence-electron chi connectivity index (χ4n) is 4.06. The van der Waals surface area contributed by atoms with Gasteiger partial charge in [0.05, 0.1) is 25.3 Å². The van der Waals surface area contributed by atoms with Crippen molar-refractivity contribution in [2.45, 2.75) is 32.7 Å². The Hall–Kier alpha value is -4.00. The van der Waals surface area contributed by atoms with Crippen LogP contribution >= 0.6 is 0 Å². The quantitative estimate of drug-likeness (QED) is 0.238. The summed E-state index contributed by atoms with van der Waals surface area (Å²) in [5, 5.41) is 9.02. The molecule has 4 rings (SSSR count). The van der Waals surface area contributed by atoms with Crippen LogP contribution in [-0.2, 0) is 13.0 Å². The van der Waals surface area contributed by atoms with Crippen LogP contribution in [0.15, 0.2) is 60.7 Å². The zero-order valence-corrected chi connectivity index (χ0v) is 19.6. The molecule has 4 aromatic rings. The first kappa shape index (κ1) is 23.2. The van der Waals surface area contributed by atoms with Crippen LogP contribution in [0.3, 0.4) is 0 Å². The molecular formula is C27H28N2O5. The summed E-state index contributed by atoms with van der Waals surface area (Å²) in [7, 11) is 3.26. The van der Waals surface area contributed by atoms with Crippen molar-refractivity contribution >= 4 is 17.2 Å². The highest BCUT2D eigenvalue weighted by Crippen LogP contribution is 2.34. The number of nitrogens with zero attached hydrogens (tertiary/aromatic N) is 2. The van der Waals surface area contributed by atoms with E-state index >= 15 is 0 Å². The van der Waals surface area contributed by atoms with E-state index in [-0.39, 0.29) is 0 Å². The SMILES string of the molecule is CCCCc1nc2cc(OC)c(OC)cc2n1Cc1ccc(-c2ccccc2OC(=O)O)cc1. The molecule has 0 spiro atoms. The number of benzene rings is 3. The molecule has 1 aromatic heterocycles. The molecular weight excluding hydrogens is 432 g/mol. The van der Waals surface area contributed by atoms with Crippen LogP contribution in [0, 0.1) is 0 Å². The molecule has 0 aliphatic rings. The third-order valence-electron chi connectivity index (χ3n) is 5.78. The van der Waals surface area contributed by atoms with Crippen molar-refractivity contribution < 1.29 is 24.1 Å². The zero-order chi connectivity index (χ0) is 24.1. The van der Waals surface area contributed by atoms with Gasteiger partial charge in [-0.15, -0.1) is 0 Å². The van der Waals surface area contributed by atoms with Gasteiger partial charge in [-0.2, -0.15) is 0 Å². The molecule has 0 aliphatic carbocycles. The summed E-state index contributed by atoms with van der Waals surface area (Å²) in [5.41, 5.74) is 4.58. The molecule has 34 heavy (non-hydrogen) atoms. The molecule has 0 radical (unpaired) electrons. The predicted octanol–water partition coefficient (Wildman–Crippen LogP) is 6.17. The molecule has 0 fully saturated rings. The number of aromatic nitrogens is 2. The normalized spacial score (nSPS) is 10.9. The molecule has 7 heteroatoms. The van der Waals surface area contributed by atoms with E-state index in [4.69, 9.17) is 24.3 Å². The first-order chi connectivity index (χ1) is 16.5. The number of carbonyl (C=O) groups is 1. The summed E-state index contributed by atoms with van der Waals surface area (Å²) in [4.78, 5) is 15.9. The molecule has 1 N–H and O–H groups in total. The van der Waals surface area contributed by atoms with E-state index in [0.717, 1.165) is 52.8 Å². The lowest BCUT2D eigenvalue weighted by molar-refractivity contribution is 0.144. The molecule has 0 bridgehead atoms. The number of hydrogen-bond donors (Lipinski definition) is 1. The molecule has 0 unspecified atom stereocenters. The second-order valence-corrected chi connectivity index (χ2v) is 7.97. The standard InChI is InChI=1S/C27H28N2O5/c1-4-5-10-26-28-21-15-24(32-2)25(33-3)16-22(21)29(26)17-18-11-13-19(14-12-18)20-8-6-7-9-23(20)34-27(30)31/h6-9,11-16H,4-5,10,17H2,1-3H3,(H,30,31). The van der Waals surface area contributed by atoms with Gasteiger partial charge in [0, 0.05) is 30.7 Å². The molecule has 0 aliphatic heterocycles. The van der Waals surface area contributed by atoms with E-state index in [1.807, 2.05) is 48.5 Å². The van der Waals surface area contributed by atoms with E-state index in [1.54, 1.807) is 26.4 Å². The first-order valence-corrected chi connectivity index (χ1v) is 11.2. The molecule has 0 saturated heterocycles. The first-order valence-electron chi connectivity index (χ1n) is 11.2. The van der Waals surface area contributed by atoms with Crippen LogP contribution in [0.1, 0.15) is 31.2 Å². The lowest BCUT2D eigenvalue weighted by atomic mass is 10.0. The smallest absolute Gasteiger partial charge is 0.493 e. The Morgan fingerprint density at radius 1 is 0.971 bits per heavy atom. The van der Waals surface area contributed by atoms with Gasteiger partial charge >= 0.3 is 6.16 Å². The van der Waals surface area contributed by atoms with Crippen LogP contribution in [0.25, 0.3) is 22.2 Å². The number of imidazole rings is 1. The Labute approximate surface area is 198 Å². The van der Waals surface area contributed by atoms with Crippen molar-refractivity contribution in [1.29, 1.82) is 0 Å². The van der Waals surface area contributed by atoms with Gasteiger partial charge in [0.2, 0.25) is 0 Å². The fraction of sp³-hybridized carbons (Fsp3) is 0.259. The van der Waals surface area contributed by atoms with Gasteiger partial charge in [0.1, 0.15) is 11.6 Å². The van der Waals surface area contributed by atoms with Gasteiger partial charge in [-0.1, -0.05) is 55.8 Å². The van der Waals surface area contributed by atoms with Crippen molar-refractivity contribution in [2.75, 3.05) is 14.2 Å². The second kappa shape index (κ2) is 10.3. The molecule has 0 amide bonds. The van der Waals surface area contributed by atoms with Crippen molar-refractivity contribution in [3.63, 3.8) is 0 Å². The van der Waals surface area contributed by atoms with E-state index in [1.165, 1.54) is 0 Å². The summed E-state index contributed by atoms with van der Waals surface area (Å²) < 4.78 is 18.1. The molecule has 176 valence electrons. The maximum absolute atomic E-state index is 11.0. The van der Waals surface area contributed by atoms with Crippen molar-refractivity contribution in [3.8, 4) is 28.4 Å². The van der Waals surface area contributed by atoms with Crippen LogP contribution in [0.4, 0.5) is 4.79 Å². The Morgan fingerprint density at radius 2 is 1.68 bits per heavy atom. The number of rotatable bonds is 9. The average Bonchev–Trinajstić information content (AvgIpc) is 3.18. The van der Waals surface area contributed by atoms with E-state index in [9.17, 15) is 4.79 Å². The van der Waals surface area contributed by atoms with Crippen molar-refractivity contribution in [2.24, 2.45) is 0 Å². The minimum Gasteiger partial charge on any atom is -0.493 e. The number of para-hydroxylation sites is 1. The zero-order valence-electron chi connectivity index (χ0n) is 19.6. The topological polar surface area (TPSA) is 82.8 Å². The van der Waals surface area contributed by atoms with Crippen LogP contribution in [0.2, 0.25) is 0 Å². The third kappa shape index (κ3) is 4.83. The second-order valence-electron chi connectivity index (χ2n) is 7.97. The monoisotopic (exact) mass is 460 g/mol. The Balaban J connectivity index is 1.69. The Bertz CT molecular complexity index is 1290. The van der Waals surface area contributed by atoms with Crippen molar-refractivity contribution in [3.05, 3.63) is 72.1 Å². The van der Waals surface area contributed by atoms with E-state index < -0.39 is 6.16 Å². The number of ether oxygens (including phenoxy) is 3. The summed E-state index contributed by atoms with van der Waals surface area (Å²) in [6.07, 6.45) is 1.69. The lowest BCUT2D eigenvalue weighted by Gasteiger charge is -2.12. The van der Waals surface area contributed by atoms with Crippen molar-refractivity contribution in [1.82, 2.24) is 9.55 Å². The number of aryl methyl sites for hydroxylation is 1. The Morgan fingerprint density at radius 3 is 2.35 bits per heavy atom. The number of hydrogen-bond acceptors (Lipinski definition) is 5. The highest BCUT2D eigenvalue weighted by Gasteiger charge is 2.16. The summed E-state index contributed by atoms with van der Waals surface area (Å²) in [6, 6.07) is 19.1. The fourth-order valence-corrected chi connectivity index (χ4v) is 4.06. The van der Waals surface area contributed by atoms with Gasteiger partial charge in [-0.25, -0.2) is 9.78 Å². The minimum absolute atomic E-state index is 0.311. The number of carboxylic acid groups (broad SMARTS) is 1.